The van der Waals surface area contributed by atoms with Crippen molar-refractivity contribution in [2.45, 2.75) is 13.8 Å². The molecule has 1 aliphatic rings. The maximum atomic E-state index is 12.5. The molecule has 1 aromatic carbocycles. The molecule has 1 amide bonds. The highest BCUT2D eigenvalue weighted by molar-refractivity contribution is 8.26. The van der Waals surface area contributed by atoms with Crippen LogP contribution in [0.2, 0.25) is 10.0 Å². The van der Waals surface area contributed by atoms with Gasteiger partial charge in [-0.15, -0.1) is 6.58 Å². The molecule has 0 N–H and O–H groups in total. The van der Waals surface area contributed by atoms with Gasteiger partial charge < -0.3 is 4.57 Å². The highest BCUT2D eigenvalue weighted by Crippen LogP contribution is 2.35. The topological polar surface area (TPSA) is 25.2 Å². The van der Waals surface area contributed by atoms with E-state index in [1.807, 2.05) is 36.6 Å². The van der Waals surface area contributed by atoms with E-state index in [4.69, 9.17) is 35.4 Å². The molecule has 0 radical (unpaired) electrons. The van der Waals surface area contributed by atoms with Gasteiger partial charge in [-0.3, -0.25) is 9.69 Å². The number of carbonyl (C=O) groups excluding carboxylic acids is 1. The smallest absolute Gasteiger partial charge is 0.266 e. The average molecular weight is 423 g/mol. The molecule has 0 atom stereocenters. The zero-order valence-corrected chi connectivity index (χ0v) is 17.4. The van der Waals surface area contributed by atoms with Crippen LogP contribution < -0.4 is 0 Å². The van der Waals surface area contributed by atoms with Gasteiger partial charge in [-0.05, 0) is 49.8 Å². The van der Waals surface area contributed by atoms with Crippen molar-refractivity contribution in [1.82, 2.24) is 9.47 Å². The number of hydrogen-bond acceptors (Lipinski definition) is 3. The van der Waals surface area contributed by atoms with E-state index in [1.54, 1.807) is 23.1 Å². The monoisotopic (exact) mass is 422 g/mol. The molecule has 134 valence electrons. The first kappa shape index (κ1) is 19.2. The number of thioether (sulfide) groups is 1. The van der Waals surface area contributed by atoms with E-state index >= 15 is 0 Å². The molecule has 0 aliphatic carbocycles. The molecule has 0 bridgehead atoms. The molecule has 26 heavy (non-hydrogen) atoms. The van der Waals surface area contributed by atoms with E-state index in [9.17, 15) is 4.79 Å². The first-order chi connectivity index (χ1) is 12.3. The largest absolute Gasteiger partial charge is 0.316 e. The first-order valence-electron chi connectivity index (χ1n) is 7.84. The Morgan fingerprint density at radius 1 is 1.27 bits per heavy atom. The first-order valence-corrected chi connectivity index (χ1v) is 9.82. The number of aromatic nitrogens is 1. The fraction of sp³-hybridized carbons (Fsp3) is 0.158. The molecular weight excluding hydrogens is 407 g/mol. The fourth-order valence-corrected chi connectivity index (χ4v) is 4.52. The van der Waals surface area contributed by atoms with Gasteiger partial charge in [-0.1, -0.05) is 53.3 Å². The number of amides is 1. The molecule has 7 heteroatoms. The molecule has 1 fully saturated rings. The molecule has 3 rings (SSSR count). The van der Waals surface area contributed by atoms with Gasteiger partial charge >= 0.3 is 0 Å². The van der Waals surface area contributed by atoms with Gasteiger partial charge in [0.1, 0.15) is 4.32 Å². The third kappa shape index (κ3) is 3.49. The lowest BCUT2D eigenvalue weighted by atomic mass is 10.2. The van der Waals surface area contributed by atoms with Crippen LogP contribution in [0, 0.1) is 13.8 Å². The number of rotatable bonds is 4. The van der Waals surface area contributed by atoms with Crippen molar-refractivity contribution in [2.24, 2.45) is 0 Å². The van der Waals surface area contributed by atoms with Crippen LogP contribution >= 0.6 is 47.2 Å². The normalized spacial score (nSPS) is 16.0. The van der Waals surface area contributed by atoms with Crippen LogP contribution in [-0.2, 0) is 4.79 Å². The minimum atomic E-state index is -0.0921. The molecule has 0 saturated carbocycles. The summed E-state index contributed by atoms with van der Waals surface area (Å²) in [5, 5.41) is 1.23. The van der Waals surface area contributed by atoms with Crippen LogP contribution in [-0.4, -0.2) is 26.2 Å². The third-order valence-electron chi connectivity index (χ3n) is 4.09. The SMILES string of the molecule is C=CCN1C(=O)/C(=C/c2cc(C)n(-c3cc(Cl)ccc3Cl)c2C)SC1=S. The number of thiocarbonyl (C=S) groups is 1. The maximum Gasteiger partial charge on any atom is 0.266 e. The number of benzene rings is 1. The second-order valence-electron chi connectivity index (χ2n) is 5.84. The van der Waals surface area contributed by atoms with Gasteiger partial charge in [0.2, 0.25) is 0 Å². The van der Waals surface area contributed by atoms with Gasteiger partial charge in [0.15, 0.2) is 0 Å². The fourth-order valence-electron chi connectivity index (χ4n) is 2.89. The lowest BCUT2D eigenvalue weighted by Crippen LogP contribution is -2.27. The molecule has 0 unspecified atom stereocenters. The quantitative estimate of drug-likeness (QED) is 0.354. The van der Waals surface area contributed by atoms with Crippen LogP contribution in [0.4, 0.5) is 0 Å². The lowest BCUT2D eigenvalue weighted by Gasteiger charge is -2.12. The maximum absolute atomic E-state index is 12.5. The highest BCUT2D eigenvalue weighted by Gasteiger charge is 2.31. The third-order valence-corrected chi connectivity index (χ3v) is 6.02. The number of hydrogen-bond donors (Lipinski definition) is 0. The predicted octanol–water partition coefficient (Wildman–Crippen LogP) is 5.79. The van der Waals surface area contributed by atoms with Crippen LogP contribution in [0.25, 0.3) is 11.8 Å². The summed E-state index contributed by atoms with van der Waals surface area (Å²) in [5.74, 6) is -0.0921. The summed E-state index contributed by atoms with van der Waals surface area (Å²) >= 11 is 19.1. The Morgan fingerprint density at radius 3 is 2.69 bits per heavy atom. The summed E-state index contributed by atoms with van der Waals surface area (Å²) in [6.07, 6.45) is 3.54. The lowest BCUT2D eigenvalue weighted by molar-refractivity contribution is -0.121. The molecule has 1 aromatic heterocycles. The van der Waals surface area contributed by atoms with Crippen LogP contribution in [0.1, 0.15) is 17.0 Å². The molecule has 2 aromatic rings. The van der Waals surface area contributed by atoms with Crippen molar-refractivity contribution in [3.05, 3.63) is 68.8 Å². The van der Waals surface area contributed by atoms with Crippen molar-refractivity contribution >= 4 is 63.5 Å². The zero-order valence-electron chi connectivity index (χ0n) is 14.3. The molecule has 0 spiro atoms. The summed E-state index contributed by atoms with van der Waals surface area (Å²) in [7, 11) is 0. The second kappa shape index (κ2) is 7.61. The van der Waals surface area contributed by atoms with Crippen molar-refractivity contribution in [2.75, 3.05) is 6.54 Å². The van der Waals surface area contributed by atoms with E-state index in [0.29, 0.717) is 25.8 Å². The van der Waals surface area contributed by atoms with Crippen LogP contribution in [0.5, 0.6) is 0 Å². The summed E-state index contributed by atoms with van der Waals surface area (Å²) in [6, 6.07) is 7.38. The Bertz CT molecular complexity index is 963. The second-order valence-corrected chi connectivity index (χ2v) is 8.36. The van der Waals surface area contributed by atoms with Crippen LogP contribution in [0.15, 0.2) is 41.8 Å². The summed E-state index contributed by atoms with van der Waals surface area (Å²) in [6.45, 7) is 8.06. The van der Waals surface area contributed by atoms with E-state index in [2.05, 4.69) is 6.58 Å². The minimum absolute atomic E-state index is 0.0921. The Labute approximate surface area is 172 Å². The Hall–Kier alpha value is -1.53. The summed E-state index contributed by atoms with van der Waals surface area (Å²) in [4.78, 5) is 14.7. The van der Waals surface area contributed by atoms with E-state index in [-0.39, 0.29) is 5.91 Å². The number of nitrogens with zero attached hydrogens (tertiary/aromatic N) is 2. The highest BCUT2D eigenvalue weighted by atomic mass is 35.5. The zero-order chi connectivity index (χ0) is 19.0. The Morgan fingerprint density at radius 2 is 2.00 bits per heavy atom. The van der Waals surface area contributed by atoms with Crippen LogP contribution in [0.3, 0.4) is 0 Å². The van der Waals surface area contributed by atoms with Crippen molar-refractivity contribution in [3.63, 3.8) is 0 Å². The van der Waals surface area contributed by atoms with Gasteiger partial charge in [-0.2, -0.15) is 0 Å². The number of halogens is 2. The van der Waals surface area contributed by atoms with Gasteiger partial charge in [0.25, 0.3) is 5.91 Å². The van der Waals surface area contributed by atoms with E-state index in [0.717, 1.165) is 22.6 Å². The van der Waals surface area contributed by atoms with Crippen molar-refractivity contribution in [1.29, 1.82) is 0 Å². The number of carbonyl (C=O) groups is 1. The molecule has 3 nitrogen and oxygen atoms in total. The average Bonchev–Trinajstić information content (AvgIpc) is 3.01. The predicted molar refractivity (Wildman–Crippen MR) is 115 cm³/mol. The van der Waals surface area contributed by atoms with Gasteiger partial charge in [0, 0.05) is 23.0 Å². The summed E-state index contributed by atoms with van der Waals surface area (Å²) in [5.41, 5.74) is 3.73. The Kier molecular flexibility index (Phi) is 5.63. The molecule has 1 aliphatic heterocycles. The van der Waals surface area contributed by atoms with Gasteiger partial charge in [0.05, 0.1) is 15.6 Å². The molecular formula is C19H16Cl2N2OS2. The van der Waals surface area contributed by atoms with E-state index < -0.39 is 0 Å². The van der Waals surface area contributed by atoms with E-state index in [1.165, 1.54) is 11.8 Å². The minimum Gasteiger partial charge on any atom is -0.316 e. The standard InChI is InChI=1S/C19H16Cl2N2OS2/c1-4-7-22-18(24)17(26-19(22)25)9-13-8-11(2)23(12(13)3)16-10-14(20)5-6-15(16)21/h4-6,8-10H,1,7H2,2-3H3/b17-9-. The molecule has 1 saturated heterocycles. The number of aryl methyl sites for hydroxylation is 1. The Balaban J connectivity index is 2.04. The molecule has 2 heterocycles. The van der Waals surface area contributed by atoms with Crippen molar-refractivity contribution < 1.29 is 4.79 Å². The van der Waals surface area contributed by atoms with Crippen molar-refractivity contribution in [3.8, 4) is 5.69 Å². The van der Waals surface area contributed by atoms with Gasteiger partial charge in [-0.25, -0.2) is 0 Å². The summed E-state index contributed by atoms with van der Waals surface area (Å²) < 4.78 is 2.58.